The van der Waals surface area contributed by atoms with Gasteiger partial charge in [-0.15, -0.1) is 0 Å². The molecular formula is C15H10ClFO4. The molecule has 0 saturated heterocycles. The molecular weight excluding hydrogens is 299 g/mol. The Kier molecular flexibility index (Phi) is 4.55. The van der Waals surface area contributed by atoms with Crippen molar-refractivity contribution in [3.63, 3.8) is 0 Å². The molecule has 0 aliphatic carbocycles. The van der Waals surface area contributed by atoms with Gasteiger partial charge >= 0.3 is 5.97 Å². The molecule has 2 aromatic rings. The van der Waals surface area contributed by atoms with Gasteiger partial charge in [-0.3, -0.25) is 4.79 Å². The second-order valence-corrected chi connectivity index (χ2v) is 4.61. The summed E-state index contributed by atoms with van der Waals surface area (Å²) in [5, 5.41) is 9.09. The number of benzene rings is 2. The van der Waals surface area contributed by atoms with E-state index in [-0.39, 0.29) is 28.5 Å². The number of hydrogen-bond acceptors (Lipinski definition) is 3. The van der Waals surface area contributed by atoms with Crippen LogP contribution in [0.15, 0.2) is 36.4 Å². The molecule has 108 valence electrons. The standard InChI is InChI=1S/C15H10ClFO4/c16-12-5-9(7-18)1-4-14(12)21-8-11-6-10(15(19)20)2-3-13(11)17/h1-7H,8H2,(H,19,20). The minimum Gasteiger partial charge on any atom is -0.487 e. The van der Waals surface area contributed by atoms with Crippen LogP contribution in [-0.2, 0) is 6.61 Å². The molecule has 0 saturated carbocycles. The average Bonchev–Trinajstić information content (AvgIpc) is 2.47. The van der Waals surface area contributed by atoms with Gasteiger partial charge in [-0.1, -0.05) is 11.6 Å². The maximum absolute atomic E-state index is 13.6. The highest BCUT2D eigenvalue weighted by Crippen LogP contribution is 2.26. The molecule has 0 heterocycles. The summed E-state index contributed by atoms with van der Waals surface area (Å²) < 4.78 is 19.0. The number of carboxylic acid groups (broad SMARTS) is 1. The molecule has 0 aliphatic rings. The Balaban J connectivity index is 2.18. The molecule has 21 heavy (non-hydrogen) atoms. The molecule has 0 aromatic heterocycles. The van der Waals surface area contributed by atoms with Gasteiger partial charge in [0.25, 0.3) is 0 Å². The second kappa shape index (κ2) is 6.37. The maximum atomic E-state index is 13.6. The molecule has 0 aliphatic heterocycles. The van der Waals surface area contributed by atoms with E-state index in [4.69, 9.17) is 21.4 Å². The van der Waals surface area contributed by atoms with Crippen molar-refractivity contribution in [3.8, 4) is 5.75 Å². The average molecular weight is 309 g/mol. The van der Waals surface area contributed by atoms with Crippen LogP contribution in [0.25, 0.3) is 0 Å². The van der Waals surface area contributed by atoms with Crippen LogP contribution < -0.4 is 4.74 Å². The third-order valence-electron chi connectivity index (χ3n) is 2.77. The Morgan fingerprint density at radius 2 is 2.05 bits per heavy atom. The molecule has 0 amide bonds. The Morgan fingerprint density at radius 3 is 2.67 bits per heavy atom. The fourth-order valence-electron chi connectivity index (χ4n) is 1.68. The highest BCUT2D eigenvalue weighted by atomic mass is 35.5. The van der Waals surface area contributed by atoms with Crippen molar-refractivity contribution >= 4 is 23.9 Å². The first-order chi connectivity index (χ1) is 10.0. The number of carbonyl (C=O) groups is 2. The highest BCUT2D eigenvalue weighted by Gasteiger charge is 2.10. The van der Waals surface area contributed by atoms with Crippen LogP contribution in [0.5, 0.6) is 5.75 Å². The van der Waals surface area contributed by atoms with E-state index in [0.29, 0.717) is 11.8 Å². The van der Waals surface area contributed by atoms with Gasteiger partial charge in [-0.25, -0.2) is 9.18 Å². The first-order valence-corrected chi connectivity index (χ1v) is 6.28. The van der Waals surface area contributed by atoms with E-state index in [1.807, 2.05) is 0 Å². The van der Waals surface area contributed by atoms with Crippen molar-refractivity contribution in [2.75, 3.05) is 0 Å². The number of hydrogen-bond donors (Lipinski definition) is 1. The lowest BCUT2D eigenvalue weighted by molar-refractivity contribution is 0.0696. The molecule has 1 N–H and O–H groups in total. The third-order valence-corrected chi connectivity index (χ3v) is 3.06. The summed E-state index contributed by atoms with van der Waals surface area (Å²) in [6, 6.07) is 7.87. The van der Waals surface area contributed by atoms with Gasteiger partial charge < -0.3 is 9.84 Å². The van der Waals surface area contributed by atoms with E-state index in [9.17, 15) is 14.0 Å². The Labute approximate surface area is 124 Å². The fourth-order valence-corrected chi connectivity index (χ4v) is 1.92. The van der Waals surface area contributed by atoms with E-state index in [0.717, 1.165) is 6.07 Å². The normalized spacial score (nSPS) is 10.2. The molecule has 2 aromatic carbocycles. The van der Waals surface area contributed by atoms with Crippen molar-refractivity contribution in [2.45, 2.75) is 6.61 Å². The quantitative estimate of drug-likeness (QED) is 0.858. The second-order valence-electron chi connectivity index (χ2n) is 4.21. The van der Waals surface area contributed by atoms with Gasteiger partial charge in [0.15, 0.2) is 0 Å². The van der Waals surface area contributed by atoms with Crippen molar-refractivity contribution in [1.29, 1.82) is 0 Å². The number of rotatable bonds is 5. The van der Waals surface area contributed by atoms with Crippen molar-refractivity contribution < 1.29 is 23.8 Å². The number of aromatic carboxylic acids is 1. The summed E-state index contributed by atoms with van der Waals surface area (Å²) in [5.41, 5.74) is 0.467. The number of halogens is 2. The monoisotopic (exact) mass is 308 g/mol. The van der Waals surface area contributed by atoms with Crippen LogP contribution in [0.4, 0.5) is 4.39 Å². The molecule has 0 spiro atoms. The zero-order valence-corrected chi connectivity index (χ0v) is 11.4. The summed E-state index contributed by atoms with van der Waals surface area (Å²) in [5.74, 6) is -1.44. The van der Waals surface area contributed by atoms with Crippen LogP contribution in [0.3, 0.4) is 0 Å². The lowest BCUT2D eigenvalue weighted by Crippen LogP contribution is -2.03. The van der Waals surface area contributed by atoms with E-state index in [1.54, 1.807) is 0 Å². The number of carbonyl (C=O) groups excluding carboxylic acids is 1. The first kappa shape index (κ1) is 15.0. The molecule has 0 unspecified atom stereocenters. The van der Waals surface area contributed by atoms with Gasteiger partial charge in [0, 0.05) is 11.1 Å². The van der Waals surface area contributed by atoms with Gasteiger partial charge in [-0.05, 0) is 36.4 Å². The molecule has 0 atom stereocenters. The molecule has 2 rings (SSSR count). The Bertz CT molecular complexity index is 700. The van der Waals surface area contributed by atoms with Crippen LogP contribution in [0, 0.1) is 5.82 Å². The third kappa shape index (κ3) is 3.58. The molecule has 4 nitrogen and oxygen atoms in total. The van der Waals surface area contributed by atoms with E-state index >= 15 is 0 Å². The molecule has 0 radical (unpaired) electrons. The minimum absolute atomic E-state index is 0.0302. The molecule has 0 fully saturated rings. The predicted molar refractivity (Wildman–Crippen MR) is 74.5 cm³/mol. The zero-order valence-electron chi connectivity index (χ0n) is 10.7. The maximum Gasteiger partial charge on any atom is 0.335 e. The van der Waals surface area contributed by atoms with Crippen LogP contribution in [-0.4, -0.2) is 17.4 Å². The number of carboxylic acids is 1. The van der Waals surface area contributed by atoms with E-state index < -0.39 is 11.8 Å². The predicted octanol–water partition coefficient (Wildman–Crippen LogP) is 3.57. The smallest absolute Gasteiger partial charge is 0.335 e. The molecule has 0 bridgehead atoms. The van der Waals surface area contributed by atoms with Gasteiger partial charge in [-0.2, -0.15) is 0 Å². The Morgan fingerprint density at radius 1 is 1.29 bits per heavy atom. The largest absolute Gasteiger partial charge is 0.487 e. The summed E-state index contributed by atoms with van der Waals surface area (Å²) in [4.78, 5) is 21.4. The van der Waals surface area contributed by atoms with Crippen molar-refractivity contribution in [3.05, 3.63) is 63.9 Å². The topological polar surface area (TPSA) is 63.6 Å². The first-order valence-electron chi connectivity index (χ1n) is 5.90. The number of ether oxygens (including phenoxy) is 1. The summed E-state index contributed by atoms with van der Waals surface area (Å²) in [6.45, 7) is -0.174. The highest BCUT2D eigenvalue weighted by molar-refractivity contribution is 6.32. The van der Waals surface area contributed by atoms with Crippen LogP contribution in [0.2, 0.25) is 5.02 Å². The summed E-state index contributed by atoms with van der Waals surface area (Å²) in [7, 11) is 0. The lowest BCUT2D eigenvalue weighted by Gasteiger charge is -2.09. The van der Waals surface area contributed by atoms with Crippen LogP contribution >= 0.6 is 11.6 Å². The fraction of sp³-hybridized carbons (Fsp3) is 0.0667. The van der Waals surface area contributed by atoms with Crippen molar-refractivity contribution in [1.82, 2.24) is 0 Å². The van der Waals surface area contributed by atoms with Gasteiger partial charge in [0.2, 0.25) is 0 Å². The van der Waals surface area contributed by atoms with Gasteiger partial charge in [0.1, 0.15) is 24.5 Å². The van der Waals surface area contributed by atoms with Gasteiger partial charge in [0.05, 0.1) is 10.6 Å². The zero-order chi connectivity index (χ0) is 15.4. The van der Waals surface area contributed by atoms with E-state index in [2.05, 4.69) is 0 Å². The summed E-state index contributed by atoms with van der Waals surface area (Å²) >= 11 is 5.92. The van der Waals surface area contributed by atoms with Crippen LogP contribution in [0.1, 0.15) is 26.3 Å². The minimum atomic E-state index is -1.15. The Hall–Kier alpha value is -2.40. The van der Waals surface area contributed by atoms with E-state index in [1.165, 1.54) is 30.3 Å². The molecule has 6 heteroatoms. The summed E-state index contributed by atoms with van der Waals surface area (Å²) in [6.07, 6.45) is 0.645. The van der Waals surface area contributed by atoms with Crippen molar-refractivity contribution in [2.24, 2.45) is 0 Å². The SMILES string of the molecule is O=Cc1ccc(OCc2cc(C(=O)O)ccc2F)c(Cl)c1. The number of aldehydes is 1. The lowest BCUT2D eigenvalue weighted by atomic mass is 10.1.